The molecule has 22 heavy (non-hydrogen) atoms. The van der Waals surface area contributed by atoms with E-state index in [9.17, 15) is 0 Å². The van der Waals surface area contributed by atoms with Crippen LogP contribution in [0.5, 0.6) is 0 Å². The van der Waals surface area contributed by atoms with E-state index in [0.29, 0.717) is 6.54 Å². The van der Waals surface area contributed by atoms with Crippen molar-refractivity contribution in [3.63, 3.8) is 0 Å². The zero-order chi connectivity index (χ0) is 15.8. The smallest absolute Gasteiger partial charge is 0.194 e. The maximum atomic E-state index is 4.67. The number of nitrogens with one attached hydrogen (secondary N) is 1. The van der Waals surface area contributed by atoms with Crippen LogP contribution in [0.25, 0.3) is 0 Å². The number of hydrogen-bond donors (Lipinski definition) is 1. The molecule has 1 N–H and O–H groups in total. The van der Waals surface area contributed by atoms with Gasteiger partial charge in [-0.2, -0.15) is 0 Å². The van der Waals surface area contributed by atoms with Crippen molar-refractivity contribution in [2.45, 2.75) is 33.5 Å². The summed E-state index contributed by atoms with van der Waals surface area (Å²) in [6.07, 6.45) is 1.74. The van der Waals surface area contributed by atoms with Crippen LogP contribution in [-0.4, -0.2) is 39.2 Å². The lowest BCUT2D eigenvalue weighted by Gasteiger charge is -2.22. The molecule has 0 saturated carbocycles. The Balaban J connectivity index is 2.06. The first kappa shape index (κ1) is 16.0. The first-order valence-corrected chi connectivity index (χ1v) is 7.64. The summed E-state index contributed by atoms with van der Waals surface area (Å²) >= 11 is 0. The maximum absolute atomic E-state index is 4.67. The van der Waals surface area contributed by atoms with Crippen molar-refractivity contribution < 1.29 is 0 Å². The maximum Gasteiger partial charge on any atom is 0.194 e. The number of rotatable bonds is 6. The summed E-state index contributed by atoms with van der Waals surface area (Å²) in [5.41, 5.74) is 1.26. The Kier molecular flexibility index (Phi) is 5.94. The molecule has 1 aromatic carbocycles. The van der Waals surface area contributed by atoms with E-state index in [2.05, 4.69) is 63.5 Å². The summed E-state index contributed by atoms with van der Waals surface area (Å²) < 4.78 is 2.00. The minimum absolute atomic E-state index is 0.523. The van der Waals surface area contributed by atoms with Gasteiger partial charge in [0.2, 0.25) is 0 Å². The molecule has 0 aliphatic rings. The van der Waals surface area contributed by atoms with E-state index < -0.39 is 0 Å². The first-order chi connectivity index (χ1) is 10.7. The van der Waals surface area contributed by atoms with Gasteiger partial charge >= 0.3 is 0 Å². The van der Waals surface area contributed by atoms with Crippen LogP contribution >= 0.6 is 0 Å². The van der Waals surface area contributed by atoms with Crippen LogP contribution in [0.2, 0.25) is 0 Å². The van der Waals surface area contributed by atoms with Crippen molar-refractivity contribution in [3.05, 3.63) is 48.0 Å². The average molecular weight is 300 g/mol. The Morgan fingerprint density at radius 3 is 2.73 bits per heavy atom. The molecule has 0 aliphatic heterocycles. The number of benzene rings is 1. The summed E-state index contributed by atoms with van der Waals surface area (Å²) in [5.74, 6) is 1.75. The monoisotopic (exact) mass is 300 g/mol. The normalized spacial score (nSPS) is 11.5. The fraction of sp³-hybridized carbons (Fsp3) is 0.438. The van der Waals surface area contributed by atoms with Crippen LogP contribution in [0, 0.1) is 0 Å². The highest BCUT2D eigenvalue weighted by molar-refractivity contribution is 5.79. The van der Waals surface area contributed by atoms with Gasteiger partial charge in [-0.15, -0.1) is 10.2 Å². The second kappa shape index (κ2) is 8.17. The highest BCUT2D eigenvalue weighted by Gasteiger charge is 2.08. The Labute approximate surface area is 131 Å². The molecule has 0 bridgehead atoms. The molecule has 0 atom stereocenters. The van der Waals surface area contributed by atoms with E-state index in [0.717, 1.165) is 31.4 Å². The number of aromatic nitrogens is 3. The van der Waals surface area contributed by atoms with Gasteiger partial charge in [-0.3, -0.25) is 0 Å². The van der Waals surface area contributed by atoms with Crippen LogP contribution in [0.15, 0.2) is 41.7 Å². The number of guanidine groups is 1. The molecular weight excluding hydrogens is 276 g/mol. The predicted octanol–water partition coefficient (Wildman–Crippen LogP) is 1.90. The standard InChI is InChI=1S/C16H24N6/c1-4-17-16(18-11-15-20-19-13-22(15)5-2)21(3)12-14-9-7-6-8-10-14/h6-10,13H,4-5,11-12H2,1-3H3,(H,17,18). The second-order valence-corrected chi connectivity index (χ2v) is 5.05. The molecule has 0 amide bonds. The van der Waals surface area contributed by atoms with Gasteiger partial charge in [0.05, 0.1) is 0 Å². The lowest BCUT2D eigenvalue weighted by Crippen LogP contribution is -2.38. The zero-order valence-electron chi connectivity index (χ0n) is 13.5. The van der Waals surface area contributed by atoms with Gasteiger partial charge in [-0.05, 0) is 19.4 Å². The van der Waals surface area contributed by atoms with Gasteiger partial charge in [-0.1, -0.05) is 30.3 Å². The van der Waals surface area contributed by atoms with Crippen LogP contribution in [0.4, 0.5) is 0 Å². The zero-order valence-corrected chi connectivity index (χ0v) is 13.5. The molecule has 0 fully saturated rings. The molecule has 0 saturated heterocycles. The third-order valence-electron chi connectivity index (χ3n) is 3.37. The molecule has 0 spiro atoms. The molecule has 0 unspecified atom stereocenters. The molecule has 1 aromatic heterocycles. The number of aryl methyl sites for hydroxylation is 1. The van der Waals surface area contributed by atoms with Crippen LogP contribution in [0.1, 0.15) is 25.2 Å². The molecule has 1 heterocycles. The minimum Gasteiger partial charge on any atom is -0.357 e. The predicted molar refractivity (Wildman–Crippen MR) is 88.4 cm³/mol. The summed E-state index contributed by atoms with van der Waals surface area (Å²) in [4.78, 5) is 6.79. The van der Waals surface area contributed by atoms with E-state index in [-0.39, 0.29) is 0 Å². The Hall–Kier alpha value is -2.37. The van der Waals surface area contributed by atoms with Gasteiger partial charge in [0, 0.05) is 26.7 Å². The van der Waals surface area contributed by atoms with Gasteiger partial charge < -0.3 is 14.8 Å². The van der Waals surface area contributed by atoms with E-state index in [1.54, 1.807) is 6.33 Å². The molecule has 6 heteroatoms. The van der Waals surface area contributed by atoms with E-state index >= 15 is 0 Å². The van der Waals surface area contributed by atoms with E-state index in [4.69, 9.17) is 0 Å². The highest BCUT2D eigenvalue weighted by atomic mass is 15.3. The average Bonchev–Trinajstić information content (AvgIpc) is 2.99. The summed E-state index contributed by atoms with van der Waals surface area (Å²) in [6, 6.07) is 10.4. The topological polar surface area (TPSA) is 58.3 Å². The third kappa shape index (κ3) is 4.31. The van der Waals surface area contributed by atoms with Gasteiger partial charge in [0.25, 0.3) is 0 Å². The lowest BCUT2D eigenvalue weighted by atomic mass is 10.2. The molecule has 2 rings (SSSR count). The Morgan fingerprint density at radius 1 is 1.27 bits per heavy atom. The lowest BCUT2D eigenvalue weighted by molar-refractivity contribution is 0.476. The fourth-order valence-corrected chi connectivity index (χ4v) is 2.21. The summed E-state index contributed by atoms with van der Waals surface area (Å²) in [7, 11) is 2.04. The van der Waals surface area contributed by atoms with Gasteiger partial charge in [0.1, 0.15) is 12.9 Å². The largest absolute Gasteiger partial charge is 0.357 e. The quantitative estimate of drug-likeness (QED) is 0.654. The number of nitrogens with zero attached hydrogens (tertiary/aromatic N) is 5. The van der Waals surface area contributed by atoms with E-state index in [1.807, 2.05) is 17.7 Å². The fourth-order valence-electron chi connectivity index (χ4n) is 2.21. The van der Waals surface area contributed by atoms with Crippen molar-refractivity contribution in [2.24, 2.45) is 4.99 Å². The summed E-state index contributed by atoms with van der Waals surface area (Å²) in [6.45, 7) is 7.17. The van der Waals surface area contributed by atoms with Crippen LogP contribution < -0.4 is 5.32 Å². The highest BCUT2D eigenvalue weighted by Crippen LogP contribution is 2.04. The van der Waals surface area contributed by atoms with Crippen molar-refractivity contribution >= 4 is 5.96 Å². The number of aliphatic imine (C=N–C) groups is 1. The second-order valence-electron chi connectivity index (χ2n) is 5.05. The van der Waals surface area contributed by atoms with Crippen molar-refractivity contribution in [1.82, 2.24) is 25.0 Å². The first-order valence-electron chi connectivity index (χ1n) is 7.64. The molecule has 0 aliphatic carbocycles. The SMILES string of the molecule is CCNC(=NCc1nncn1CC)N(C)Cc1ccccc1. The summed E-state index contributed by atoms with van der Waals surface area (Å²) in [5, 5.41) is 11.4. The van der Waals surface area contributed by atoms with E-state index in [1.165, 1.54) is 5.56 Å². The van der Waals surface area contributed by atoms with Gasteiger partial charge in [-0.25, -0.2) is 4.99 Å². The molecule has 0 radical (unpaired) electrons. The molecule has 2 aromatic rings. The third-order valence-corrected chi connectivity index (χ3v) is 3.37. The van der Waals surface area contributed by atoms with Crippen molar-refractivity contribution in [3.8, 4) is 0 Å². The Bertz CT molecular complexity index is 590. The van der Waals surface area contributed by atoms with Crippen molar-refractivity contribution in [2.75, 3.05) is 13.6 Å². The minimum atomic E-state index is 0.523. The molecule has 6 nitrogen and oxygen atoms in total. The molecule has 118 valence electrons. The van der Waals surface area contributed by atoms with Crippen LogP contribution in [-0.2, 0) is 19.6 Å². The van der Waals surface area contributed by atoms with Gasteiger partial charge in [0.15, 0.2) is 11.8 Å². The van der Waals surface area contributed by atoms with Crippen LogP contribution in [0.3, 0.4) is 0 Å². The molecular formula is C16H24N6. The number of hydrogen-bond acceptors (Lipinski definition) is 3. The Morgan fingerprint density at radius 2 is 2.05 bits per heavy atom. The van der Waals surface area contributed by atoms with Crippen molar-refractivity contribution in [1.29, 1.82) is 0 Å².